The highest BCUT2D eigenvalue weighted by molar-refractivity contribution is 5.75. The molecule has 0 bridgehead atoms. The molecule has 1 rings (SSSR count). The van der Waals surface area contributed by atoms with E-state index in [0.29, 0.717) is 19.6 Å². The van der Waals surface area contributed by atoms with Gasteiger partial charge in [-0.3, -0.25) is 4.79 Å². The lowest BCUT2D eigenvalue weighted by Crippen LogP contribution is -2.32. The number of nitrogens with zero attached hydrogens (tertiary/aromatic N) is 1. The summed E-state index contributed by atoms with van der Waals surface area (Å²) in [6, 6.07) is 7.82. The molecule has 1 aromatic carbocycles. The zero-order valence-electron chi connectivity index (χ0n) is 11.4. The fourth-order valence-electron chi connectivity index (χ4n) is 1.40. The molecule has 0 aliphatic rings. The zero-order chi connectivity index (χ0) is 13.4. The van der Waals surface area contributed by atoms with Crippen LogP contribution in [0.15, 0.2) is 24.3 Å². The van der Waals surface area contributed by atoms with Crippen LogP contribution in [0.5, 0.6) is 5.75 Å². The molecule has 0 fully saturated rings. The lowest BCUT2D eigenvalue weighted by Gasteiger charge is -2.10. The van der Waals surface area contributed by atoms with Gasteiger partial charge in [0.1, 0.15) is 5.75 Å². The quantitative estimate of drug-likeness (QED) is 0.796. The summed E-state index contributed by atoms with van der Waals surface area (Å²) in [5, 5.41) is 2.85. The summed E-state index contributed by atoms with van der Waals surface area (Å²) >= 11 is 0. The maximum Gasteiger partial charge on any atom is 0.223 e. The van der Waals surface area contributed by atoms with Crippen LogP contribution in [-0.4, -0.2) is 44.6 Å². The van der Waals surface area contributed by atoms with Crippen molar-refractivity contribution in [1.82, 2.24) is 10.2 Å². The molecule has 1 aromatic rings. The molecular weight excluding hydrogens is 228 g/mol. The third-order valence-electron chi connectivity index (χ3n) is 2.50. The van der Waals surface area contributed by atoms with Crippen molar-refractivity contribution in [1.29, 1.82) is 0 Å². The highest BCUT2D eigenvalue weighted by atomic mass is 16.5. The van der Waals surface area contributed by atoms with Crippen molar-refractivity contribution in [2.45, 2.75) is 13.3 Å². The first-order chi connectivity index (χ1) is 8.58. The summed E-state index contributed by atoms with van der Waals surface area (Å²) in [7, 11) is 3.96. The third kappa shape index (κ3) is 6.25. The minimum Gasteiger partial charge on any atom is -0.493 e. The Hall–Kier alpha value is -1.55. The molecule has 4 nitrogen and oxygen atoms in total. The molecule has 0 heterocycles. The maximum absolute atomic E-state index is 11.5. The number of hydrogen-bond acceptors (Lipinski definition) is 3. The topological polar surface area (TPSA) is 41.6 Å². The second-order valence-electron chi connectivity index (χ2n) is 4.56. The Labute approximate surface area is 109 Å². The maximum atomic E-state index is 11.5. The first-order valence-corrected chi connectivity index (χ1v) is 6.19. The SMILES string of the molecule is Cc1ccc(OCCC(=O)NCCN(C)C)cc1. The number of carbonyl (C=O) groups excluding carboxylic acids is 1. The van der Waals surface area contributed by atoms with E-state index < -0.39 is 0 Å². The van der Waals surface area contributed by atoms with Gasteiger partial charge in [0.2, 0.25) is 5.91 Å². The van der Waals surface area contributed by atoms with Crippen molar-refractivity contribution >= 4 is 5.91 Å². The van der Waals surface area contributed by atoms with Gasteiger partial charge in [-0.2, -0.15) is 0 Å². The van der Waals surface area contributed by atoms with Gasteiger partial charge in [-0.05, 0) is 33.2 Å². The van der Waals surface area contributed by atoms with E-state index in [-0.39, 0.29) is 5.91 Å². The van der Waals surface area contributed by atoms with E-state index in [1.165, 1.54) is 5.56 Å². The smallest absolute Gasteiger partial charge is 0.223 e. The fraction of sp³-hybridized carbons (Fsp3) is 0.500. The predicted octanol–water partition coefficient (Wildman–Crippen LogP) is 1.44. The minimum atomic E-state index is 0.0314. The van der Waals surface area contributed by atoms with Crippen molar-refractivity contribution in [3.05, 3.63) is 29.8 Å². The molecule has 100 valence electrons. The van der Waals surface area contributed by atoms with E-state index in [9.17, 15) is 4.79 Å². The predicted molar refractivity (Wildman–Crippen MR) is 72.9 cm³/mol. The molecule has 0 unspecified atom stereocenters. The first kappa shape index (κ1) is 14.5. The molecule has 0 atom stereocenters. The average Bonchev–Trinajstić information content (AvgIpc) is 2.31. The Morgan fingerprint density at radius 1 is 1.28 bits per heavy atom. The highest BCUT2D eigenvalue weighted by Crippen LogP contribution is 2.11. The number of aryl methyl sites for hydroxylation is 1. The van der Waals surface area contributed by atoms with Gasteiger partial charge in [-0.15, -0.1) is 0 Å². The number of amides is 1. The second kappa shape index (κ2) is 7.71. The molecule has 0 aliphatic carbocycles. The van der Waals surface area contributed by atoms with Gasteiger partial charge < -0.3 is 15.0 Å². The van der Waals surface area contributed by atoms with Crippen molar-refractivity contribution in [3.8, 4) is 5.75 Å². The van der Waals surface area contributed by atoms with Gasteiger partial charge in [-0.1, -0.05) is 17.7 Å². The molecule has 1 N–H and O–H groups in total. The van der Waals surface area contributed by atoms with Crippen LogP contribution < -0.4 is 10.1 Å². The van der Waals surface area contributed by atoms with E-state index in [4.69, 9.17) is 4.74 Å². The molecule has 4 heteroatoms. The highest BCUT2D eigenvalue weighted by Gasteiger charge is 2.01. The van der Waals surface area contributed by atoms with E-state index in [1.54, 1.807) is 0 Å². The van der Waals surface area contributed by atoms with E-state index in [0.717, 1.165) is 12.3 Å². The number of benzene rings is 1. The normalized spacial score (nSPS) is 10.4. The number of rotatable bonds is 7. The van der Waals surface area contributed by atoms with Crippen LogP contribution in [0.3, 0.4) is 0 Å². The number of nitrogens with one attached hydrogen (secondary N) is 1. The largest absolute Gasteiger partial charge is 0.493 e. The Kier molecular flexibility index (Phi) is 6.22. The first-order valence-electron chi connectivity index (χ1n) is 6.19. The summed E-state index contributed by atoms with van der Waals surface area (Å²) in [5.41, 5.74) is 1.20. The van der Waals surface area contributed by atoms with Crippen LogP contribution >= 0.6 is 0 Å². The minimum absolute atomic E-state index is 0.0314. The second-order valence-corrected chi connectivity index (χ2v) is 4.56. The summed E-state index contributed by atoms with van der Waals surface area (Å²) in [6.07, 6.45) is 0.390. The Morgan fingerprint density at radius 3 is 2.56 bits per heavy atom. The summed E-state index contributed by atoms with van der Waals surface area (Å²) < 4.78 is 5.49. The average molecular weight is 250 g/mol. The molecule has 0 radical (unpaired) electrons. The van der Waals surface area contributed by atoms with Crippen LogP contribution in [0.4, 0.5) is 0 Å². The van der Waals surface area contributed by atoms with E-state index >= 15 is 0 Å². The van der Waals surface area contributed by atoms with E-state index in [1.807, 2.05) is 50.2 Å². The zero-order valence-corrected chi connectivity index (χ0v) is 11.4. The van der Waals surface area contributed by atoms with Crippen molar-refractivity contribution in [3.63, 3.8) is 0 Å². The fourth-order valence-corrected chi connectivity index (χ4v) is 1.40. The lowest BCUT2D eigenvalue weighted by molar-refractivity contribution is -0.121. The third-order valence-corrected chi connectivity index (χ3v) is 2.50. The molecule has 0 spiro atoms. The molecule has 0 aromatic heterocycles. The molecule has 0 saturated carbocycles. The number of ether oxygens (including phenoxy) is 1. The van der Waals surface area contributed by atoms with Crippen LogP contribution in [0.25, 0.3) is 0 Å². The van der Waals surface area contributed by atoms with Crippen molar-refractivity contribution < 1.29 is 9.53 Å². The van der Waals surface area contributed by atoms with Crippen LogP contribution in [0.2, 0.25) is 0 Å². The summed E-state index contributed by atoms with van der Waals surface area (Å²) in [6.45, 7) is 3.97. The lowest BCUT2D eigenvalue weighted by atomic mass is 10.2. The van der Waals surface area contributed by atoms with Crippen LogP contribution in [0.1, 0.15) is 12.0 Å². The number of likely N-dealkylation sites (N-methyl/N-ethyl adjacent to an activating group) is 1. The molecule has 0 saturated heterocycles. The van der Waals surface area contributed by atoms with Gasteiger partial charge in [0.05, 0.1) is 13.0 Å². The summed E-state index contributed by atoms with van der Waals surface area (Å²) in [5.74, 6) is 0.839. The van der Waals surface area contributed by atoms with Gasteiger partial charge in [0, 0.05) is 13.1 Å². The Morgan fingerprint density at radius 2 is 1.94 bits per heavy atom. The van der Waals surface area contributed by atoms with Crippen molar-refractivity contribution in [2.75, 3.05) is 33.8 Å². The number of carbonyl (C=O) groups is 1. The van der Waals surface area contributed by atoms with Gasteiger partial charge in [0.25, 0.3) is 0 Å². The molecular formula is C14H22N2O2. The van der Waals surface area contributed by atoms with Crippen LogP contribution in [-0.2, 0) is 4.79 Å². The standard InChI is InChI=1S/C14H22N2O2/c1-12-4-6-13(7-5-12)18-11-8-14(17)15-9-10-16(2)3/h4-7H,8-11H2,1-3H3,(H,15,17). The monoisotopic (exact) mass is 250 g/mol. The van der Waals surface area contributed by atoms with Crippen LogP contribution in [0, 0.1) is 6.92 Å². The van der Waals surface area contributed by atoms with Gasteiger partial charge in [0.15, 0.2) is 0 Å². The Bertz CT molecular complexity index is 361. The van der Waals surface area contributed by atoms with E-state index in [2.05, 4.69) is 5.32 Å². The molecule has 0 aliphatic heterocycles. The van der Waals surface area contributed by atoms with Gasteiger partial charge >= 0.3 is 0 Å². The number of hydrogen-bond donors (Lipinski definition) is 1. The summed E-state index contributed by atoms with van der Waals surface area (Å²) in [4.78, 5) is 13.5. The Balaban J connectivity index is 2.13. The molecule has 18 heavy (non-hydrogen) atoms. The van der Waals surface area contributed by atoms with Gasteiger partial charge in [-0.25, -0.2) is 0 Å². The van der Waals surface area contributed by atoms with Crippen molar-refractivity contribution in [2.24, 2.45) is 0 Å². The molecule has 1 amide bonds.